The van der Waals surface area contributed by atoms with Crippen LogP contribution in [0.15, 0.2) is 0 Å². The zero-order valence-corrected chi connectivity index (χ0v) is 15.8. The lowest BCUT2D eigenvalue weighted by Gasteiger charge is -2.30. The van der Waals surface area contributed by atoms with Crippen molar-refractivity contribution in [2.24, 2.45) is 11.8 Å². The van der Waals surface area contributed by atoms with Crippen LogP contribution in [0.2, 0.25) is 0 Å². The maximum Gasteiger partial charge on any atom is 0.136 e. The molecule has 4 heteroatoms. The van der Waals surface area contributed by atoms with E-state index in [4.69, 9.17) is 0 Å². The number of Topliss-reactive ketones (excluding diaryl/α,β-unsaturated/α-hetero) is 2. The molecule has 0 aromatic carbocycles. The molecule has 0 rings (SSSR count). The summed E-state index contributed by atoms with van der Waals surface area (Å²) in [5.41, 5.74) is 0. The summed E-state index contributed by atoms with van der Waals surface area (Å²) < 4.78 is -0.186. The molecule has 0 radical (unpaired) electrons. The largest absolute Gasteiger partial charge is 0.299 e. The SMILES string of the molecule is CC(C)C(=O)CC(C)(C)SSC(C)(C)CC(=O)C(C)C. The number of rotatable bonds is 9. The molecule has 0 N–H and O–H groups in total. The Morgan fingerprint density at radius 1 is 0.750 bits per heavy atom. The monoisotopic (exact) mass is 318 g/mol. The summed E-state index contributed by atoms with van der Waals surface area (Å²) in [6.07, 6.45) is 1.16. The molecule has 0 amide bonds. The zero-order chi connectivity index (χ0) is 16.1. The van der Waals surface area contributed by atoms with Crippen molar-refractivity contribution in [3.8, 4) is 0 Å². The Hall–Kier alpha value is 0.0400. The van der Waals surface area contributed by atoms with E-state index in [9.17, 15) is 9.59 Å². The molecule has 0 aromatic heterocycles. The van der Waals surface area contributed by atoms with Gasteiger partial charge in [0.1, 0.15) is 11.6 Å². The van der Waals surface area contributed by atoms with Gasteiger partial charge in [-0.2, -0.15) is 0 Å². The van der Waals surface area contributed by atoms with Gasteiger partial charge in [0.25, 0.3) is 0 Å². The van der Waals surface area contributed by atoms with E-state index >= 15 is 0 Å². The van der Waals surface area contributed by atoms with Gasteiger partial charge in [-0.3, -0.25) is 9.59 Å². The van der Waals surface area contributed by atoms with E-state index in [1.165, 1.54) is 0 Å². The molecular formula is C16H30O2S2. The summed E-state index contributed by atoms with van der Waals surface area (Å²) in [6.45, 7) is 16.2. The van der Waals surface area contributed by atoms with Crippen LogP contribution in [-0.2, 0) is 9.59 Å². The van der Waals surface area contributed by atoms with Crippen molar-refractivity contribution in [2.45, 2.75) is 77.7 Å². The highest BCUT2D eigenvalue weighted by Gasteiger charge is 2.30. The van der Waals surface area contributed by atoms with Crippen molar-refractivity contribution in [3.63, 3.8) is 0 Å². The van der Waals surface area contributed by atoms with Gasteiger partial charge in [0, 0.05) is 34.2 Å². The molecule has 0 spiro atoms. The summed E-state index contributed by atoms with van der Waals surface area (Å²) in [6, 6.07) is 0. The van der Waals surface area contributed by atoms with Gasteiger partial charge < -0.3 is 0 Å². The van der Waals surface area contributed by atoms with E-state index in [1.807, 2.05) is 27.7 Å². The predicted molar refractivity (Wildman–Crippen MR) is 92.3 cm³/mol. The highest BCUT2D eigenvalue weighted by Crippen LogP contribution is 2.46. The van der Waals surface area contributed by atoms with Gasteiger partial charge in [-0.25, -0.2) is 0 Å². The average molecular weight is 319 g/mol. The fraction of sp³-hybridized carbons (Fsp3) is 0.875. The Morgan fingerprint density at radius 3 is 1.20 bits per heavy atom. The lowest BCUT2D eigenvalue weighted by molar-refractivity contribution is -0.123. The van der Waals surface area contributed by atoms with E-state index in [-0.39, 0.29) is 21.3 Å². The number of carbonyl (C=O) groups is 2. The second-order valence-electron chi connectivity index (χ2n) is 7.28. The van der Waals surface area contributed by atoms with Crippen LogP contribution in [-0.4, -0.2) is 21.1 Å². The van der Waals surface area contributed by atoms with Gasteiger partial charge in [-0.15, -0.1) is 0 Å². The molecule has 0 fully saturated rings. The van der Waals surface area contributed by atoms with Crippen LogP contribution in [0.5, 0.6) is 0 Å². The van der Waals surface area contributed by atoms with Crippen LogP contribution in [0, 0.1) is 11.8 Å². The van der Waals surface area contributed by atoms with Crippen molar-refractivity contribution >= 4 is 33.2 Å². The lowest BCUT2D eigenvalue weighted by Crippen LogP contribution is -2.26. The van der Waals surface area contributed by atoms with Gasteiger partial charge in [-0.1, -0.05) is 49.3 Å². The highest BCUT2D eigenvalue weighted by atomic mass is 33.1. The molecule has 0 aliphatic carbocycles. The Morgan fingerprint density at radius 2 is 1.00 bits per heavy atom. The lowest BCUT2D eigenvalue weighted by atomic mass is 9.99. The van der Waals surface area contributed by atoms with Crippen LogP contribution < -0.4 is 0 Å². The summed E-state index contributed by atoms with van der Waals surface area (Å²) in [5.74, 6) is 0.795. The third-order valence-corrected chi connectivity index (χ3v) is 7.21. The second-order valence-corrected chi connectivity index (χ2v) is 10.8. The minimum atomic E-state index is -0.0931. The molecule has 0 aliphatic heterocycles. The predicted octanol–water partition coefficient (Wildman–Crippen LogP) is 5.16. The molecule has 0 saturated carbocycles. The maximum atomic E-state index is 11.9. The zero-order valence-electron chi connectivity index (χ0n) is 14.2. The van der Waals surface area contributed by atoms with Gasteiger partial charge in [0.2, 0.25) is 0 Å². The van der Waals surface area contributed by atoms with Gasteiger partial charge in [-0.05, 0) is 27.7 Å². The normalized spacial score (nSPS) is 13.1. The topological polar surface area (TPSA) is 34.1 Å². The third kappa shape index (κ3) is 8.35. The van der Waals surface area contributed by atoms with Crippen molar-refractivity contribution in [3.05, 3.63) is 0 Å². The van der Waals surface area contributed by atoms with E-state index in [0.717, 1.165) is 0 Å². The molecule has 0 atom stereocenters. The minimum absolute atomic E-state index is 0.0930. The van der Waals surface area contributed by atoms with Crippen molar-refractivity contribution in [1.29, 1.82) is 0 Å². The fourth-order valence-electron chi connectivity index (χ4n) is 1.53. The minimum Gasteiger partial charge on any atom is -0.299 e. The standard InChI is InChI=1S/C16H30O2S2/c1-11(2)13(17)9-15(5,6)19-20-16(7,8)10-14(18)12(3)4/h11-12H,9-10H2,1-8H3. The van der Waals surface area contributed by atoms with E-state index < -0.39 is 0 Å². The quantitative estimate of drug-likeness (QED) is 0.550. The molecule has 2 nitrogen and oxygen atoms in total. The van der Waals surface area contributed by atoms with Crippen molar-refractivity contribution in [2.75, 3.05) is 0 Å². The molecule has 0 bridgehead atoms. The maximum absolute atomic E-state index is 11.9. The van der Waals surface area contributed by atoms with Crippen LogP contribution in [0.1, 0.15) is 68.2 Å². The van der Waals surface area contributed by atoms with Gasteiger partial charge in [0.15, 0.2) is 0 Å². The Bertz CT molecular complexity index is 310. The molecule has 0 unspecified atom stereocenters. The van der Waals surface area contributed by atoms with E-state index in [2.05, 4.69) is 27.7 Å². The number of hydrogen-bond acceptors (Lipinski definition) is 4. The van der Waals surface area contributed by atoms with Crippen LogP contribution in [0.25, 0.3) is 0 Å². The second kappa shape index (κ2) is 7.88. The first-order chi connectivity index (χ1) is 8.86. The smallest absolute Gasteiger partial charge is 0.136 e. The van der Waals surface area contributed by atoms with E-state index in [0.29, 0.717) is 24.4 Å². The van der Waals surface area contributed by atoms with Gasteiger partial charge >= 0.3 is 0 Å². The van der Waals surface area contributed by atoms with Crippen molar-refractivity contribution < 1.29 is 9.59 Å². The molecule has 0 heterocycles. The Kier molecular flexibility index (Phi) is 7.90. The van der Waals surface area contributed by atoms with Gasteiger partial charge in [0.05, 0.1) is 0 Å². The molecule has 0 aromatic rings. The molecule has 0 saturated heterocycles. The first kappa shape index (κ1) is 20.0. The van der Waals surface area contributed by atoms with E-state index in [1.54, 1.807) is 21.6 Å². The first-order valence-corrected chi connectivity index (χ1v) is 9.43. The fourth-order valence-corrected chi connectivity index (χ4v) is 4.09. The summed E-state index contributed by atoms with van der Waals surface area (Å²) in [7, 11) is 3.46. The number of hydrogen-bond donors (Lipinski definition) is 0. The Labute approximate surface area is 132 Å². The van der Waals surface area contributed by atoms with Crippen molar-refractivity contribution in [1.82, 2.24) is 0 Å². The number of carbonyl (C=O) groups excluding carboxylic acids is 2. The summed E-state index contributed by atoms with van der Waals surface area (Å²) >= 11 is 0. The average Bonchev–Trinajstić information content (AvgIpc) is 2.25. The van der Waals surface area contributed by atoms with Crippen LogP contribution >= 0.6 is 21.6 Å². The Balaban J connectivity index is 4.43. The third-order valence-electron chi connectivity index (χ3n) is 2.98. The molecule has 0 aliphatic rings. The summed E-state index contributed by atoms with van der Waals surface area (Å²) in [4.78, 5) is 23.7. The van der Waals surface area contributed by atoms with Crippen LogP contribution in [0.3, 0.4) is 0 Å². The highest BCUT2D eigenvalue weighted by molar-refractivity contribution is 8.77. The molecule has 118 valence electrons. The number of ketones is 2. The summed E-state index contributed by atoms with van der Waals surface area (Å²) in [5, 5.41) is 0. The van der Waals surface area contributed by atoms with Crippen LogP contribution in [0.4, 0.5) is 0 Å². The molecule has 20 heavy (non-hydrogen) atoms. The molecular weight excluding hydrogens is 288 g/mol. The first-order valence-electron chi connectivity index (χ1n) is 7.28.